The summed E-state index contributed by atoms with van der Waals surface area (Å²) in [7, 11) is 0. The van der Waals surface area contributed by atoms with Crippen molar-refractivity contribution in [3.63, 3.8) is 0 Å². The summed E-state index contributed by atoms with van der Waals surface area (Å²) in [6, 6.07) is 20.5. The standard InChI is InChI=1S/C51H75N9O6/c1-7-10-19-40-22-28-43(29-23-40)55-46(61)52-34-13-16-37(4)58-49(64)59(38(5)17-14-35-53-47(62)56-44-30-24-41(25-31-44)20-11-8-2)51(66)60(50(58)65)39(6)18-15-36-54-48(63)57-45-32-26-42(27-33-45)21-12-9-3/h22-33,37-39H,7-21,34-36H2,1-6H3,(H2,52,55,61)(H2,53,56,62)(H2,54,57,63)/t37-,38-,39-/m1/s1. The average molecular weight is 910 g/mol. The number of aromatic nitrogens is 3. The van der Waals surface area contributed by atoms with Crippen molar-refractivity contribution in [2.45, 2.75) is 156 Å². The number of urea groups is 3. The van der Waals surface area contributed by atoms with Crippen LogP contribution in [0.4, 0.5) is 31.4 Å². The zero-order valence-electron chi connectivity index (χ0n) is 40.2. The molecule has 4 rings (SSSR count). The van der Waals surface area contributed by atoms with Crippen LogP contribution in [-0.2, 0) is 19.3 Å². The molecule has 1 aromatic heterocycles. The molecule has 15 heteroatoms. The van der Waals surface area contributed by atoms with Crippen LogP contribution in [0, 0.1) is 0 Å². The van der Waals surface area contributed by atoms with Gasteiger partial charge < -0.3 is 31.9 Å². The quantitative estimate of drug-likeness (QED) is 0.0323. The van der Waals surface area contributed by atoms with Gasteiger partial charge in [0, 0.05) is 54.8 Å². The number of rotatable bonds is 27. The lowest BCUT2D eigenvalue weighted by molar-refractivity contribution is 0.251. The Bertz CT molecular complexity index is 2000. The van der Waals surface area contributed by atoms with E-state index in [4.69, 9.17) is 0 Å². The van der Waals surface area contributed by atoms with E-state index in [1.54, 1.807) is 20.8 Å². The van der Waals surface area contributed by atoms with Crippen molar-refractivity contribution < 1.29 is 14.4 Å². The molecule has 360 valence electrons. The molecule has 15 nitrogen and oxygen atoms in total. The van der Waals surface area contributed by atoms with E-state index in [0.29, 0.717) is 75.2 Å². The second-order valence-corrected chi connectivity index (χ2v) is 17.5. The van der Waals surface area contributed by atoms with Crippen molar-refractivity contribution in [3.05, 3.63) is 121 Å². The van der Waals surface area contributed by atoms with Crippen LogP contribution in [0.15, 0.2) is 87.2 Å². The number of anilines is 3. The van der Waals surface area contributed by atoms with Gasteiger partial charge in [-0.15, -0.1) is 0 Å². The fourth-order valence-corrected chi connectivity index (χ4v) is 7.84. The molecule has 0 saturated carbocycles. The number of nitrogens with zero attached hydrogens (tertiary/aromatic N) is 3. The van der Waals surface area contributed by atoms with Crippen molar-refractivity contribution in [2.24, 2.45) is 0 Å². The average Bonchev–Trinajstić information content (AvgIpc) is 3.30. The Labute approximate surface area is 390 Å². The molecule has 3 aromatic carbocycles. The number of amides is 6. The highest BCUT2D eigenvalue weighted by Gasteiger charge is 2.25. The third-order valence-electron chi connectivity index (χ3n) is 11.9. The summed E-state index contributed by atoms with van der Waals surface area (Å²) in [5, 5.41) is 17.1. The maximum atomic E-state index is 14.2. The molecule has 0 radical (unpaired) electrons. The monoisotopic (exact) mass is 910 g/mol. The van der Waals surface area contributed by atoms with E-state index in [0.717, 1.165) is 71.5 Å². The maximum Gasteiger partial charge on any atom is 0.336 e. The van der Waals surface area contributed by atoms with Crippen molar-refractivity contribution in [3.8, 4) is 0 Å². The second kappa shape index (κ2) is 28.0. The van der Waals surface area contributed by atoms with Crippen LogP contribution in [0.5, 0.6) is 0 Å². The first kappa shape index (κ1) is 52.5. The van der Waals surface area contributed by atoms with Crippen molar-refractivity contribution >= 4 is 35.2 Å². The van der Waals surface area contributed by atoms with Gasteiger partial charge in [-0.3, -0.25) is 0 Å². The summed E-state index contributed by atoms with van der Waals surface area (Å²) in [4.78, 5) is 80.6. The van der Waals surface area contributed by atoms with Gasteiger partial charge in [-0.1, -0.05) is 76.4 Å². The van der Waals surface area contributed by atoms with Crippen LogP contribution in [0.25, 0.3) is 0 Å². The predicted octanol–water partition coefficient (Wildman–Crippen LogP) is 9.69. The van der Waals surface area contributed by atoms with E-state index in [1.165, 1.54) is 16.7 Å². The fraction of sp³-hybridized carbons (Fsp3) is 0.529. The summed E-state index contributed by atoms with van der Waals surface area (Å²) < 4.78 is 3.44. The van der Waals surface area contributed by atoms with Crippen LogP contribution in [0.2, 0.25) is 0 Å². The first-order valence-corrected chi connectivity index (χ1v) is 24.3. The minimum Gasteiger partial charge on any atom is -0.338 e. The van der Waals surface area contributed by atoms with Crippen LogP contribution in [-0.4, -0.2) is 51.4 Å². The molecular formula is C51H75N9O6. The van der Waals surface area contributed by atoms with E-state index >= 15 is 0 Å². The molecule has 0 aliphatic rings. The fourth-order valence-electron chi connectivity index (χ4n) is 7.84. The number of hydrogen-bond acceptors (Lipinski definition) is 6. The molecule has 0 aliphatic heterocycles. The van der Waals surface area contributed by atoms with E-state index in [1.807, 2.05) is 72.8 Å². The normalized spacial score (nSPS) is 12.5. The number of benzene rings is 3. The number of aryl methyl sites for hydroxylation is 3. The summed E-state index contributed by atoms with van der Waals surface area (Å²) in [5.41, 5.74) is 3.59. The van der Waals surface area contributed by atoms with E-state index in [-0.39, 0.29) is 18.1 Å². The molecule has 6 N–H and O–H groups in total. The Morgan fingerprint density at radius 2 is 0.652 bits per heavy atom. The SMILES string of the molecule is CCCCc1ccc(NC(=O)NCCC[C@@H](C)n2c(=O)n([C@H](C)CCCNC(=O)Nc3ccc(CCCC)cc3)c(=O)n([C@H](C)CCCNC(=O)Nc3ccc(CCCC)cc3)c2=O)cc1. The number of unbranched alkanes of at least 4 members (excludes halogenated alkanes) is 3. The Hall–Kier alpha value is -6.12. The minimum absolute atomic E-state index is 0.301. The molecule has 0 saturated heterocycles. The van der Waals surface area contributed by atoms with Crippen molar-refractivity contribution in [1.29, 1.82) is 0 Å². The molecule has 1 heterocycles. The highest BCUT2D eigenvalue weighted by Crippen LogP contribution is 2.17. The lowest BCUT2D eigenvalue weighted by Gasteiger charge is -2.24. The Kier molecular flexibility index (Phi) is 22.3. The van der Waals surface area contributed by atoms with E-state index in [9.17, 15) is 28.8 Å². The van der Waals surface area contributed by atoms with Crippen molar-refractivity contribution in [2.75, 3.05) is 35.6 Å². The molecule has 66 heavy (non-hydrogen) atoms. The van der Waals surface area contributed by atoms with Gasteiger partial charge in [0.05, 0.1) is 0 Å². The zero-order chi connectivity index (χ0) is 47.8. The minimum atomic E-state index is -0.702. The zero-order valence-corrected chi connectivity index (χ0v) is 40.2. The molecule has 0 spiro atoms. The molecule has 0 bridgehead atoms. The smallest absolute Gasteiger partial charge is 0.336 e. The Morgan fingerprint density at radius 3 is 0.879 bits per heavy atom. The molecule has 6 amide bonds. The van der Waals surface area contributed by atoms with Gasteiger partial charge in [0.25, 0.3) is 0 Å². The number of carbonyl (C=O) groups excluding carboxylic acids is 3. The van der Waals surface area contributed by atoms with Gasteiger partial charge >= 0.3 is 35.2 Å². The number of hydrogen-bond donors (Lipinski definition) is 6. The van der Waals surface area contributed by atoms with Crippen molar-refractivity contribution in [1.82, 2.24) is 29.7 Å². The molecule has 4 aromatic rings. The van der Waals surface area contributed by atoms with Crippen LogP contribution < -0.4 is 49.0 Å². The largest absolute Gasteiger partial charge is 0.338 e. The van der Waals surface area contributed by atoms with Gasteiger partial charge in [0.2, 0.25) is 0 Å². The van der Waals surface area contributed by atoms with Crippen LogP contribution in [0.3, 0.4) is 0 Å². The third kappa shape index (κ3) is 17.0. The maximum absolute atomic E-state index is 14.2. The molecule has 3 atom stereocenters. The highest BCUT2D eigenvalue weighted by atomic mass is 16.2. The van der Waals surface area contributed by atoms with Gasteiger partial charge in [-0.25, -0.2) is 42.5 Å². The highest BCUT2D eigenvalue weighted by molar-refractivity contribution is 5.90. The third-order valence-corrected chi connectivity index (χ3v) is 11.9. The van der Waals surface area contributed by atoms with Gasteiger partial charge in [-0.05, 0) is 151 Å². The van der Waals surface area contributed by atoms with E-state index < -0.39 is 35.2 Å². The van der Waals surface area contributed by atoms with Gasteiger partial charge in [0.1, 0.15) is 0 Å². The molecule has 0 aliphatic carbocycles. The van der Waals surface area contributed by atoms with Crippen LogP contribution >= 0.6 is 0 Å². The first-order chi connectivity index (χ1) is 31.8. The number of carbonyl (C=O) groups is 3. The lowest BCUT2D eigenvalue weighted by atomic mass is 10.1. The topological polar surface area (TPSA) is 189 Å². The van der Waals surface area contributed by atoms with E-state index in [2.05, 4.69) is 52.7 Å². The second-order valence-electron chi connectivity index (χ2n) is 17.5. The van der Waals surface area contributed by atoms with Gasteiger partial charge in [0.15, 0.2) is 0 Å². The molecule has 0 fully saturated rings. The Balaban J connectivity index is 1.40. The summed E-state index contributed by atoms with van der Waals surface area (Å²) in [5.74, 6) is 0. The first-order valence-electron chi connectivity index (χ1n) is 24.3. The number of nitrogens with one attached hydrogen (secondary N) is 6. The summed E-state index contributed by atoms with van der Waals surface area (Å²) >= 11 is 0. The summed E-state index contributed by atoms with van der Waals surface area (Å²) in [6.45, 7) is 12.6. The van der Waals surface area contributed by atoms with Crippen LogP contribution in [0.1, 0.15) is 153 Å². The molecule has 0 unspecified atom stereocenters. The predicted molar refractivity (Wildman–Crippen MR) is 267 cm³/mol. The lowest BCUT2D eigenvalue weighted by Crippen LogP contribution is -2.56. The Morgan fingerprint density at radius 1 is 0.409 bits per heavy atom. The van der Waals surface area contributed by atoms with Gasteiger partial charge in [-0.2, -0.15) is 0 Å². The molecular weight excluding hydrogens is 835 g/mol. The summed E-state index contributed by atoms with van der Waals surface area (Å²) in [6.07, 6.45) is 12.2.